The number of hydrogen-bond donors (Lipinski definition) is 2. The average Bonchev–Trinajstić information content (AvgIpc) is 2.15. The molecule has 70 valence electrons. The maximum Gasteiger partial charge on any atom is 0.125 e. The van der Waals surface area contributed by atoms with Gasteiger partial charge in [0.2, 0.25) is 0 Å². The molecule has 1 aliphatic rings. The monoisotopic (exact) mass is 179 g/mol. The van der Waals surface area contributed by atoms with E-state index in [1.54, 1.807) is 0 Å². The van der Waals surface area contributed by atoms with Crippen molar-refractivity contribution in [1.29, 1.82) is 0 Å². The number of benzene rings is 1. The molecule has 3 N–H and O–H groups in total. The van der Waals surface area contributed by atoms with Gasteiger partial charge in [0.1, 0.15) is 18.0 Å². The standard InChI is InChI=1S/C10H13NO2/c1-6-9(11)10(12)7-4-2-3-5-8(7)13-6/h2-6,9-10,12H,11H2,1H3/t6?,9-,10+/m1/s1. The summed E-state index contributed by atoms with van der Waals surface area (Å²) in [7, 11) is 0. The van der Waals surface area contributed by atoms with E-state index in [-0.39, 0.29) is 12.1 Å². The van der Waals surface area contributed by atoms with E-state index in [1.165, 1.54) is 0 Å². The summed E-state index contributed by atoms with van der Waals surface area (Å²) in [5.74, 6) is 0.740. The Morgan fingerprint density at radius 2 is 2.08 bits per heavy atom. The highest BCUT2D eigenvalue weighted by atomic mass is 16.5. The highest BCUT2D eigenvalue weighted by Crippen LogP contribution is 2.33. The van der Waals surface area contributed by atoms with Gasteiger partial charge in [0.15, 0.2) is 0 Å². The van der Waals surface area contributed by atoms with E-state index in [9.17, 15) is 5.11 Å². The van der Waals surface area contributed by atoms with Crippen molar-refractivity contribution >= 4 is 0 Å². The molecule has 0 radical (unpaired) electrons. The van der Waals surface area contributed by atoms with Crippen molar-refractivity contribution in [2.24, 2.45) is 5.73 Å². The van der Waals surface area contributed by atoms with Gasteiger partial charge >= 0.3 is 0 Å². The fraction of sp³-hybridized carbons (Fsp3) is 0.400. The number of para-hydroxylation sites is 1. The van der Waals surface area contributed by atoms with E-state index in [0.717, 1.165) is 11.3 Å². The van der Waals surface area contributed by atoms with Gasteiger partial charge in [-0.1, -0.05) is 18.2 Å². The highest BCUT2D eigenvalue weighted by molar-refractivity contribution is 5.38. The molecule has 1 aromatic carbocycles. The Bertz CT molecular complexity index is 314. The zero-order chi connectivity index (χ0) is 9.42. The molecule has 0 aromatic heterocycles. The first-order valence-corrected chi connectivity index (χ1v) is 4.39. The highest BCUT2D eigenvalue weighted by Gasteiger charge is 2.31. The normalized spacial score (nSPS) is 32.1. The molecule has 0 saturated heterocycles. The zero-order valence-corrected chi connectivity index (χ0v) is 7.47. The van der Waals surface area contributed by atoms with Crippen LogP contribution in [0.4, 0.5) is 0 Å². The molecular formula is C10H13NO2. The summed E-state index contributed by atoms with van der Waals surface area (Å²) in [6.07, 6.45) is -0.746. The first-order valence-electron chi connectivity index (χ1n) is 4.39. The predicted molar refractivity (Wildman–Crippen MR) is 49.5 cm³/mol. The molecule has 13 heavy (non-hydrogen) atoms. The van der Waals surface area contributed by atoms with E-state index in [1.807, 2.05) is 31.2 Å². The number of rotatable bonds is 0. The lowest BCUT2D eigenvalue weighted by Crippen LogP contribution is -2.44. The summed E-state index contributed by atoms with van der Waals surface area (Å²) in [4.78, 5) is 0. The molecule has 1 unspecified atom stereocenters. The van der Waals surface area contributed by atoms with Crippen molar-refractivity contribution in [1.82, 2.24) is 0 Å². The maximum atomic E-state index is 9.80. The van der Waals surface area contributed by atoms with Gasteiger partial charge in [-0.25, -0.2) is 0 Å². The van der Waals surface area contributed by atoms with Crippen molar-refractivity contribution in [2.45, 2.75) is 25.2 Å². The van der Waals surface area contributed by atoms with Gasteiger partial charge in [-0.3, -0.25) is 0 Å². The van der Waals surface area contributed by atoms with Gasteiger partial charge < -0.3 is 15.6 Å². The largest absolute Gasteiger partial charge is 0.489 e. The van der Waals surface area contributed by atoms with Crippen LogP contribution < -0.4 is 10.5 Å². The van der Waals surface area contributed by atoms with Crippen molar-refractivity contribution < 1.29 is 9.84 Å². The summed E-state index contributed by atoms with van der Waals surface area (Å²) in [6, 6.07) is 7.10. The Morgan fingerprint density at radius 1 is 1.38 bits per heavy atom. The molecule has 0 bridgehead atoms. The van der Waals surface area contributed by atoms with Crippen molar-refractivity contribution in [3.63, 3.8) is 0 Å². The lowest BCUT2D eigenvalue weighted by Gasteiger charge is -2.32. The summed E-state index contributed by atoms with van der Waals surface area (Å²) in [5, 5.41) is 9.80. The number of ether oxygens (including phenoxy) is 1. The van der Waals surface area contributed by atoms with Gasteiger partial charge in [0.25, 0.3) is 0 Å². The van der Waals surface area contributed by atoms with Crippen LogP contribution in [0.1, 0.15) is 18.6 Å². The number of aliphatic hydroxyl groups is 1. The van der Waals surface area contributed by atoms with Crippen molar-refractivity contribution in [3.05, 3.63) is 29.8 Å². The van der Waals surface area contributed by atoms with Gasteiger partial charge in [0, 0.05) is 5.56 Å². The first-order chi connectivity index (χ1) is 6.20. The topological polar surface area (TPSA) is 55.5 Å². The van der Waals surface area contributed by atoms with Crippen molar-refractivity contribution in [3.8, 4) is 5.75 Å². The van der Waals surface area contributed by atoms with E-state index in [4.69, 9.17) is 10.5 Å². The molecular weight excluding hydrogens is 166 g/mol. The molecule has 3 heteroatoms. The second kappa shape index (κ2) is 3.01. The van der Waals surface area contributed by atoms with Crippen LogP contribution in [0.25, 0.3) is 0 Å². The van der Waals surface area contributed by atoms with Crippen LogP contribution in [0.2, 0.25) is 0 Å². The predicted octanol–water partition coefficient (Wildman–Crippen LogP) is 0.828. The molecule has 3 nitrogen and oxygen atoms in total. The minimum atomic E-state index is -0.611. The molecule has 0 aliphatic carbocycles. The second-order valence-corrected chi connectivity index (χ2v) is 3.38. The fourth-order valence-corrected chi connectivity index (χ4v) is 1.58. The van der Waals surface area contributed by atoms with Gasteiger partial charge in [-0.15, -0.1) is 0 Å². The number of fused-ring (bicyclic) bond motifs is 1. The zero-order valence-electron chi connectivity index (χ0n) is 7.47. The smallest absolute Gasteiger partial charge is 0.125 e. The third kappa shape index (κ3) is 1.30. The van der Waals surface area contributed by atoms with E-state index >= 15 is 0 Å². The average molecular weight is 179 g/mol. The number of nitrogens with two attached hydrogens (primary N) is 1. The Kier molecular flexibility index (Phi) is 1.98. The third-order valence-corrected chi connectivity index (χ3v) is 2.46. The molecule has 2 rings (SSSR count). The molecule has 1 aliphatic heterocycles. The lowest BCUT2D eigenvalue weighted by molar-refractivity contribution is 0.0505. The van der Waals surface area contributed by atoms with E-state index < -0.39 is 6.10 Å². The second-order valence-electron chi connectivity index (χ2n) is 3.38. The first kappa shape index (κ1) is 8.53. The molecule has 0 amide bonds. The summed E-state index contributed by atoms with van der Waals surface area (Å²) in [5.41, 5.74) is 6.55. The van der Waals surface area contributed by atoms with E-state index in [0.29, 0.717) is 0 Å². The minimum absolute atomic E-state index is 0.134. The van der Waals surface area contributed by atoms with Crippen LogP contribution >= 0.6 is 0 Å². The molecule has 0 spiro atoms. The molecule has 3 atom stereocenters. The van der Waals surface area contributed by atoms with Gasteiger partial charge in [-0.2, -0.15) is 0 Å². The Hall–Kier alpha value is -1.06. The van der Waals surface area contributed by atoms with Crippen LogP contribution in [0.5, 0.6) is 5.75 Å². The summed E-state index contributed by atoms with van der Waals surface area (Å²) in [6.45, 7) is 1.86. The SMILES string of the molecule is CC1Oc2ccccc2[C@H](O)[C@@H]1N. The molecule has 0 saturated carbocycles. The van der Waals surface area contributed by atoms with Crippen LogP contribution in [0.3, 0.4) is 0 Å². The quantitative estimate of drug-likeness (QED) is 0.620. The molecule has 1 heterocycles. The van der Waals surface area contributed by atoms with E-state index in [2.05, 4.69) is 0 Å². The third-order valence-electron chi connectivity index (χ3n) is 2.46. The van der Waals surface area contributed by atoms with Crippen LogP contribution in [-0.4, -0.2) is 17.3 Å². The van der Waals surface area contributed by atoms with Gasteiger partial charge in [0.05, 0.1) is 6.04 Å². The maximum absolute atomic E-state index is 9.80. The molecule has 0 fully saturated rings. The summed E-state index contributed by atoms with van der Waals surface area (Å²) < 4.78 is 5.53. The summed E-state index contributed by atoms with van der Waals surface area (Å²) >= 11 is 0. The Morgan fingerprint density at radius 3 is 2.85 bits per heavy atom. The van der Waals surface area contributed by atoms with Crippen LogP contribution in [-0.2, 0) is 0 Å². The minimum Gasteiger partial charge on any atom is -0.489 e. The van der Waals surface area contributed by atoms with Crippen molar-refractivity contribution in [2.75, 3.05) is 0 Å². The molecule has 1 aromatic rings. The Balaban J connectivity index is 2.43. The number of aliphatic hydroxyl groups excluding tert-OH is 1. The fourth-order valence-electron chi connectivity index (χ4n) is 1.58. The lowest BCUT2D eigenvalue weighted by atomic mass is 9.95. The van der Waals surface area contributed by atoms with Crippen LogP contribution in [0.15, 0.2) is 24.3 Å². The Labute approximate surface area is 77.1 Å². The number of hydrogen-bond acceptors (Lipinski definition) is 3. The van der Waals surface area contributed by atoms with Crippen LogP contribution in [0, 0.1) is 0 Å². The van der Waals surface area contributed by atoms with Gasteiger partial charge in [-0.05, 0) is 13.0 Å².